The maximum absolute atomic E-state index is 11.8. The predicted molar refractivity (Wildman–Crippen MR) is 140 cm³/mol. The number of nitrogens with one attached hydrogen (secondary N) is 2. The highest BCUT2D eigenvalue weighted by Crippen LogP contribution is 2.14. The van der Waals surface area contributed by atoms with Gasteiger partial charge in [0.1, 0.15) is 0 Å². The summed E-state index contributed by atoms with van der Waals surface area (Å²) in [6.07, 6.45) is 2.63. The Morgan fingerprint density at radius 2 is 1.68 bits per heavy atom. The normalized spacial score (nSPS) is 11.0. The van der Waals surface area contributed by atoms with Crippen LogP contribution in [0.2, 0.25) is 5.02 Å². The van der Waals surface area contributed by atoms with Crippen LogP contribution < -0.4 is 16.2 Å². The van der Waals surface area contributed by atoms with Crippen molar-refractivity contribution in [3.63, 3.8) is 0 Å². The topological polar surface area (TPSA) is 58.4 Å². The highest BCUT2D eigenvalue weighted by molar-refractivity contribution is 14.0. The van der Waals surface area contributed by atoms with Gasteiger partial charge >= 0.3 is 0 Å². The molecule has 0 aliphatic carbocycles. The molecule has 2 aromatic carbocycles. The van der Waals surface area contributed by atoms with Crippen molar-refractivity contribution in [1.82, 2.24) is 15.2 Å². The third kappa shape index (κ3) is 8.03. The van der Waals surface area contributed by atoms with Gasteiger partial charge < -0.3 is 15.2 Å². The van der Waals surface area contributed by atoms with Gasteiger partial charge in [-0.1, -0.05) is 60.1 Å². The molecule has 3 aromatic rings. The van der Waals surface area contributed by atoms with Crippen LogP contribution in [0.25, 0.3) is 0 Å². The van der Waals surface area contributed by atoms with E-state index >= 15 is 0 Å². The Morgan fingerprint density at radius 3 is 2.39 bits per heavy atom. The number of benzene rings is 2. The number of nitrogens with zero attached hydrogens (tertiary/aromatic N) is 2. The monoisotopic (exact) mass is 550 g/mol. The summed E-state index contributed by atoms with van der Waals surface area (Å²) in [7, 11) is 0. The lowest BCUT2D eigenvalue weighted by Gasteiger charge is -2.12. The molecular formula is C24H28ClIN4O. The summed E-state index contributed by atoms with van der Waals surface area (Å²) in [6, 6.07) is 21.3. The van der Waals surface area contributed by atoms with Gasteiger partial charge in [-0.05, 0) is 42.2 Å². The molecule has 0 aliphatic rings. The van der Waals surface area contributed by atoms with Gasteiger partial charge in [0.25, 0.3) is 5.56 Å². The molecule has 0 fully saturated rings. The second-order valence-electron chi connectivity index (χ2n) is 6.95. The van der Waals surface area contributed by atoms with E-state index in [1.807, 2.05) is 49.4 Å². The van der Waals surface area contributed by atoms with Gasteiger partial charge in [0.05, 0.1) is 13.1 Å². The molecule has 0 saturated heterocycles. The van der Waals surface area contributed by atoms with Crippen molar-refractivity contribution < 1.29 is 0 Å². The maximum Gasteiger partial charge on any atom is 0.250 e. The molecule has 164 valence electrons. The smallest absolute Gasteiger partial charge is 0.250 e. The molecule has 0 spiro atoms. The molecule has 1 aromatic heterocycles. The second kappa shape index (κ2) is 13.2. The maximum atomic E-state index is 11.8. The van der Waals surface area contributed by atoms with Crippen molar-refractivity contribution in [1.29, 1.82) is 0 Å². The zero-order chi connectivity index (χ0) is 21.2. The largest absolute Gasteiger partial charge is 0.357 e. The Labute approximate surface area is 205 Å². The van der Waals surface area contributed by atoms with Gasteiger partial charge in [-0.3, -0.25) is 4.79 Å². The Hall–Kier alpha value is -2.32. The van der Waals surface area contributed by atoms with E-state index in [4.69, 9.17) is 11.6 Å². The molecule has 0 amide bonds. The van der Waals surface area contributed by atoms with E-state index in [1.165, 1.54) is 0 Å². The first kappa shape index (κ1) is 24.9. The number of aromatic nitrogens is 1. The van der Waals surface area contributed by atoms with Gasteiger partial charge in [0.15, 0.2) is 5.96 Å². The molecule has 31 heavy (non-hydrogen) atoms. The number of halogens is 2. The van der Waals surface area contributed by atoms with E-state index in [0.717, 1.165) is 47.2 Å². The van der Waals surface area contributed by atoms with Crippen LogP contribution >= 0.6 is 35.6 Å². The van der Waals surface area contributed by atoms with Crippen molar-refractivity contribution in [2.24, 2.45) is 4.99 Å². The molecule has 0 radical (unpaired) electrons. The summed E-state index contributed by atoms with van der Waals surface area (Å²) in [5.41, 5.74) is 3.32. The SMILES string of the molecule is CCNC(=NCc1ccc(Cn2ccccc2=O)cc1)NCCc1ccccc1Cl.I. The summed E-state index contributed by atoms with van der Waals surface area (Å²) >= 11 is 6.22. The van der Waals surface area contributed by atoms with Crippen LogP contribution in [0.5, 0.6) is 0 Å². The van der Waals surface area contributed by atoms with Gasteiger partial charge in [0.2, 0.25) is 0 Å². The molecule has 1 heterocycles. The minimum absolute atomic E-state index is 0. The lowest BCUT2D eigenvalue weighted by molar-refractivity contribution is 0.759. The fourth-order valence-corrected chi connectivity index (χ4v) is 3.30. The first-order chi connectivity index (χ1) is 14.7. The van der Waals surface area contributed by atoms with Gasteiger partial charge in [-0.25, -0.2) is 4.99 Å². The van der Waals surface area contributed by atoms with Crippen LogP contribution in [-0.4, -0.2) is 23.6 Å². The predicted octanol–water partition coefficient (Wildman–Crippen LogP) is 4.47. The molecule has 3 rings (SSSR count). The number of pyridine rings is 1. The van der Waals surface area contributed by atoms with Crippen LogP contribution in [0.15, 0.2) is 82.7 Å². The van der Waals surface area contributed by atoms with Crippen molar-refractivity contribution in [2.75, 3.05) is 13.1 Å². The van der Waals surface area contributed by atoms with Gasteiger partial charge in [0, 0.05) is 30.4 Å². The van der Waals surface area contributed by atoms with Crippen LogP contribution in [0.4, 0.5) is 0 Å². The Balaban J connectivity index is 0.00000341. The van der Waals surface area contributed by atoms with Crippen LogP contribution in [0.1, 0.15) is 23.6 Å². The minimum Gasteiger partial charge on any atom is -0.357 e. The molecule has 0 bridgehead atoms. The van der Waals surface area contributed by atoms with Crippen LogP contribution in [0.3, 0.4) is 0 Å². The van der Waals surface area contributed by atoms with Crippen LogP contribution in [0, 0.1) is 0 Å². The number of hydrogen-bond donors (Lipinski definition) is 2. The second-order valence-corrected chi connectivity index (χ2v) is 7.35. The summed E-state index contributed by atoms with van der Waals surface area (Å²) < 4.78 is 1.69. The van der Waals surface area contributed by atoms with E-state index in [0.29, 0.717) is 13.1 Å². The van der Waals surface area contributed by atoms with E-state index < -0.39 is 0 Å². The first-order valence-corrected chi connectivity index (χ1v) is 10.5. The standard InChI is InChI=1S/C24H27ClN4O.HI/c1-2-26-24(27-15-14-21-7-3-4-8-22(21)25)28-17-19-10-12-20(13-11-19)18-29-16-6-5-9-23(29)30;/h3-13,16H,2,14-15,17-18H2,1H3,(H2,26,27,28);1H. The van der Waals surface area contributed by atoms with E-state index in [9.17, 15) is 4.79 Å². The summed E-state index contributed by atoms with van der Waals surface area (Å²) in [6.45, 7) is 4.73. The number of hydrogen-bond acceptors (Lipinski definition) is 2. The van der Waals surface area contributed by atoms with Crippen LogP contribution in [-0.2, 0) is 19.5 Å². The van der Waals surface area contributed by atoms with Crippen molar-refractivity contribution >= 4 is 41.5 Å². The van der Waals surface area contributed by atoms with Gasteiger partial charge in [-0.2, -0.15) is 0 Å². The highest BCUT2D eigenvalue weighted by atomic mass is 127. The third-order valence-corrected chi connectivity index (χ3v) is 5.05. The Morgan fingerprint density at radius 1 is 0.968 bits per heavy atom. The fourth-order valence-electron chi connectivity index (χ4n) is 3.07. The third-order valence-electron chi connectivity index (χ3n) is 4.68. The summed E-state index contributed by atoms with van der Waals surface area (Å²) in [5.74, 6) is 0.782. The molecule has 0 saturated carbocycles. The number of guanidine groups is 1. The molecule has 0 unspecified atom stereocenters. The fraction of sp³-hybridized carbons (Fsp3) is 0.250. The van der Waals surface area contributed by atoms with E-state index in [1.54, 1.807) is 22.9 Å². The quantitative estimate of drug-likeness (QED) is 0.247. The zero-order valence-corrected chi connectivity index (χ0v) is 20.6. The zero-order valence-electron chi connectivity index (χ0n) is 17.6. The minimum atomic E-state index is 0. The lowest BCUT2D eigenvalue weighted by atomic mass is 10.1. The molecule has 2 N–H and O–H groups in total. The molecule has 5 nitrogen and oxygen atoms in total. The van der Waals surface area contributed by atoms with E-state index in [-0.39, 0.29) is 29.5 Å². The lowest BCUT2D eigenvalue weighted by Crippen LogP contribution is -2.38. The Bertz CT molecular complexity index is 1030. The first-order valence-electron chi connectivity index (χ1n) is 10.1. The average Bonchev–Trinajstić information content (AvgIpc) is 2.76. The Kier molecular flexibility index (Phi) is 10.6. The summed E-state index contributed by atoms with van der Waals surface area (Å²) in [4.78, 5) is 16.5. The van der Waals surface area contributed by atoms with Crippen molar-refractivity contribution in [2.45, 2.75) is 26.4 Å². The molecule has 7 heteroatoms. The number of rotatable bonds is 8. The molecule has 0 aliphatic heterocycles. The highest BCUT2D eigenvalue weighted by Gasteiger charge is 2.02. The molecular weight excluding hydrogens is 523 g/mol. The van der Waals surface area contributed by atoms with Gasteiger partial charge in [-0.15, -0.1) is 24.0 Å². The van der Waals surface area contributed by atoms with Crippen molar-refractivity contribution in [3.05, 3.63) is 105 Å². The molecule has 0 atom stereocenters. The van der Waals surface area contributed by atoms with E-state index in [2.05, 4.69) is 27.8 Å². The van der Waals surface area contributed by atoms with Crippen molar-refractivity contribution in [3.8, 4) is 0 Å². The number of aliphatic imine (C=N–C) groups is 1. The summed E-state index contributed by atoms with van der Waals surface area (Å²) in [5, 5.41) is 7.42. The average molecular weight is 551 g/mol.